The van der Waals surface area contributed by atoms with Crippen molar-refractivity contribution in [2.24, 2.45) is 0 Å². The van der Waals surface area contributed by atoms with Crippen LogP contribution in [0.3, 0.4) is 0 Å². The smallest absolute Gasteiger partial charge is 0.325 e. The summed E-state index contributed by atoms with van der Waals surface area (Å²) in [5.41, 5.74) is 2.02. The van der Waals surface area contributed by atoms with Gasteiger partial charge in [-0.2, -0.15) is 0 Å². The van der Waals surface area contributed by atoms with Crippen LogP contribution >= 0.6 is 11.3 Å². The summed E-state index contributed by atoms with van der Waals surface area (Å²) in [5, 5.41) is 12.9. The summed E-state index contributed by atoms with van der Waals surface area (Å²) in [6, 6.07) is 9.27. The van der Waals surface area contributed by atoms with Crippen LogP contribution in [0.4, 0.5) is 13.6 Å². The fraction of sp³-hybridized carbons (Fsp3) is 0.292. The number of ether oxygens (including phenoxy) is 1. The Hall–Kier alpha value is -3.57. The van der Waals surface area contributed by atoms with Gasteiger partial charge >= 0.3 is 6.03 Å². The van der Waals surface area contributed by atoms with Crippen LogP contribution < -0.4 is 10.1 Å². The number of amides is 2. The molecule has 1 aromatic carbocycles. The van der Waals surface area contributed by atoms with E-state index in [1.807, 2.05) is 19.1 Å². The highest BCUT2D eigenvalue weighted by Gasteiger charge is 2.47. The van der Waals surface area contributed by atoms with Gasteiger partial charge in [0, 0.05) is 36.8 Å². The van der Waals surface area contributed by atoms with Gasteiger partial charge in [0.15, 0.2) is 0 Å². The van der Waals surface area contributed by atoms with Gasteiger partial charge in [0.05, 0.1) is 39.8 Å². The Morgan fingerprint density at radius 3 is 2.83 bits per heavy atom. The van der Waals surface area contributed by atoms with Crippen molar-refractivity contribution in [2.45, 2.75) is 25.3 Å². The maximum Gasteiger partial charge on any atom is 0.325 e. The highest BCUT2D eigenvalue weighted by molar-refractivity contribution is 7.21. The topological polar surface area (TPSA) is 96.7 Å². The van der Waals surface area contributed by atoms with Crippen LogP contribution in [0.2, 0.25) is 0 Å². The quantitative estimate of drug-likeness (QED) is 0.434. The summed E-state index contributed by atoms with van der Waals surface area (Å²) < 4.78 is 36.0. The molecule has 2 N–H and O–H groups in total. The van der Waals surface area contributed by atoms with E-state index < -0.39 is 37.4 Å². The Kier molecular flexibility index (Phi) is 5.68. The number of benzene rings is 1. The van der Waals surface area contributed by atoms with E-state index in [-0.39, 0.29) is 10.9 Å². The molecule has 1 unspecified atom stereocenters. The average Bonchev–Trinajstić information content (AvgIpc) is 3.50. The monoisotopic (exact) mass is 500 g/mol. The highest BCUT2D eigenvalue weighted by atomic mass is 32.1. The predicted molar refractivity (Wildman–Crippen MR) is 128 cm³/mol. The number of rotatable bonds is 4. The zero-order valence-corrected chi connectivity index (χ0v) is 19.7. The van der Waals surface area contributed by atoms with E-state index in [9.17, 15) is 23.5 Å². The van der Waals surface area contributed by atoms with Crippen molar-refractivity contribution < 1.29 is 28.2 Å². The fourth-order valence-electron chi connectivity index (χ4n) is 4.44. The van der Waals surface area contributed by atoms with Crippen molar-refractivity contribution in [2.75, 3.05) is 20.2 Å². The van der Waals surface area contributed by atoms with Gasteiger partial charge in [-0.15, -0.1) is 11.3 Å². The number of hydrogen-bond donors (Lipinski definition) is 2. The summed E-state index contributed by atoms with van der Waals surface area (Å²) in [6.45, 7) is 0.587. The molecular formula is C24H22F2N4O4S. The molecule has 35 heavy (non-hydrogen) atoms. The first kappa shape index (κ1) is 23.2. The normalized spacial score (nSPS) is 17.3. The van der Waals surface area contributed by atoms with Gasteiger partial charge in [-0.1, -0.05) is 0 Å². The lowest BCUT2D eigenvalue weighted by Crippen LogP contribution is -2.37. The number of halogens is 2. The molecule has 0 saturated carbocycles. The second-order valence-corrected chi connectivity index (χ2v) is 9.51. The van der Waals surface area contributed by atoms with Crippen molar-refractivity contribution in [3.8, 4) is 11.5 Å². The zero-order valence-electron chi connectivity index (χ0n) is 18.9. The van der Waals surface area contributed by atoms with Crippen LogP contribution in [-0.4, -0.2) is 63.7 Å². The first-order valence-corrected chi connectivity index (χ1v) is 11.7. The molecule has 11 heteroatoms. The summed E-state index contributed by atoms with van der Waals surface area (Å²) >= 11 is 1.11. The number of aliphatic hydroxyl groups is 1. The Bertz CT molecular complexity index is 1460. The van der Waals surface area contributed by atoms with Crippen LogP contribution in [0.1, 0.15) is 21.8 Å². The highest BCUT2D eigenvalue weighted by Crippen LogP contribution is 2.38. The lowest BCUT2D eigenvalue weighted by molar-refractivity contribution is 0.0116. The first-order chi connectivity index (χ1) is 16.7. The number of pyridine rings is 1. The molecule has 0 aliphatic carbocycles. The largest absolute Gasteiger partial charge is 0.456 e. The van der Waals surface area contributed by atoms with Gasteiger partial charge in [0.1, 0.15) is 11.5 Å². The minimum absolute atomic E-state index is 0.239. The molecule has 0 bridgehead atoms. The number of carbonyl (C=O) groups excluding carboxylic acids is 2. The molecule has 4 heterocycles. The number of aliphatic hydroxyl groups excluding tert-OH is 1. The molecule has 1 aliphatic rings. The van der Waals surface area contributed by atoms with Crippen LogP contribution in [0.15, 0.2) is 42.6 Å². The number of thiophene rings is 1. The predicted octanol–water partition coefficient (Wildman–Crippen LogP) is 4.38. The Labute approximate surface area is 202 Å². The second kappa shape index (κ2) is 8.58. The van der Waals surface area contributed by atoms with Gasteiger partial charge in [-0.05, 0) is 37.3 Å². The van der Waals surface area contributed by atoms with Crippen molar-refractivity contribution in [1.82, 2.24) is 19.8 Å². The molecule has 4 aromatic rings. The standard InChI is InChI=1S/C24H22F2N4O4S/c1-13-7-14-8-16(3-4-18(14)30(13)23(33)27-2)34-19-5-6-28-17-9-20(35-21(17)19)22(32)29-12-24(25,26)10-15(29)11-31/h3-9,15,31H,10-12H2,1-2H3,(H,27,33). The molecule has 0 radical (unpaired) electrons. The lowest BCUT2D eigenvalue weighted by atomic mass is 10.2. The first-order valence-electron chi connectivity index (χ1n) is 10.9. The van der Waals surface area contributed by atoms with Crippen LogP contribution in [0.25, 0.3) is 21.1 Å². The minimum Gasteiger partial charge on any atom is -0.456 e. The molecule has 8 nitrogen and oxygen atoms in total. The van der Waals surface area contributed by atoms with E-state index in [0.717, 1.165) is 32.8 Å². The lowest BCUT2D eigenvalue weighted by Gasteiger charge is -2.21. The summed E-state index contributed by atoms with van der Waals surface area (Å²) in [6.07, 6.45) is 0.986. The maximum absolute atomic E-state index is 13.9. The number of likely N-dealkylation sites (tertiary alicyclic amines) is 1. The summed E-state index contributed by atoms with van der Waals surface area (Å²) in [5.74, 6) is -2.60. The molecular weight excluding hydrogens is 478 g/mol. The third kappa shape index (κ3) is 4.10. The fourth-order valence-corrected chi connectivity index (χ4v) is 5.47. The molecule has 5 rings (SSSR count). The summed E-state index contributed by atoms with van der Waals surface area (Å²) in [4.78, 5) is 30.7. The summed E-state index contributed by atoms with van der Waals surface area (Å²) in [7, 11) is 1.57. The van der Waals surface area contributed by atoms with Crippen LogP contribution in [0.5, 0.6) is 11.5 Å². The maximum atomic E-state index is 13.9. The Balaban J connectivity index is 1.46. The third-order valence-electron chi connectivity index (χ3n) is 6.04. The van der Waals surface area contributed by atoms with Gasteiger partial charge in [0.25, 0.3) is 11.8 Å². The van der Waals surface area contributed by atoms with Gasteiger partial charge in [0.2, 0.25) is 0 Å². The van der Waals surface area contributed by atoms with Crippen molar-refractivity contribution in [1.29, 1.82) is 0 Å². The average molecular weight is 501 g/mol. The second-order valence-electron chi connectivity index (χ2n) is 8.46. The number of hydrogen-bond acceptors (Lipinski definition) is 6. The SMILES string of the molecule is CNC(=O)n1c(C)cc2cc(Oc3ccnc4cc(C(=O)N5CC(F)(F)CC5CO)sc34)ccc21. The van der Waals surface area contributed by atoms with E-state index >= 15 is 0 Å². The van der Waals surface area contributed by atoms with Gasteiger partial charge in [-0.3, -0.25) is 14.3 Å². The van der Waals surface area contributed by atoms with E-state index in [4.69, 9.17) is 4.74 Å². The van der Waals surface area contributed by atoms with Crippen LogP contribution in [-0.2, 0) is 0 Å². The molecule has 1 saturated heterocycles. The van der Waals surface area contributed by atoms with E-state index in [2.05, 4.69) is 10.3 Å². The van der Waals surface area contributed by atoms with Gasteiger partial charge < -0.3 is 20.1 Å². The zero-order chi connectivity index (χ0) is 24.9. The van der Waals surface area contributed by atoms with Crippen LogP contribution in [0, 0.1) is 6.92 Å². The van der Waals surface area contributed by atoms with E-state index in [0.29, 0.717) is 21.7 Å². The molecule has 1 atom stereocenters. The molecule has 1 aliphatic heterocycles. The van der Waals surface area contributed by atoms with E-state index in [1.165, 1.54) is 0 Å². The van der Waals surface area contributed by atoms with Gasteiger partial charge in [-0.25, -0.2) is 13.6 Å². The molecule has 182 valence electrons. The number of aryl methyl sites for hydroxylation is 1. The van der Waals surface area contributed by atoms with Crippen molar-refractivity contribution in [3.63, 3.8) is 0 Å². The molecule has 2 amide bonds. The number of carbonyl (C=O) groups is 2. The van der Waals surface area contributed by atoms with E-state index in [1.54, 1.807) is 42.1 Å². The Morgan fingerprint density at radius 1 is 1.29 bits per heavy atom. The van der Waals surface area contributed by atoms with Crippen molar-refractivity contribution >= 4 is 44.4 Å². The van der Waals surface area contributed by atoms with Crippen molar-refractivity contribution in [3.05, 3.63) is 53.2 Å². The molecule has 3 aromatic heterocycles. The number of fused-ring (bicyclic) bond motifs is 2. The number of alkyl halides is 2. The number of nitrogens with one attached hydrogen (secondary N) is 1. The number of nitrogens with zero attached hydrogens (tertiary/aromatic N) is 3. The Morgan fingerprint density at radius 2 is 2.09 bits per heavy atom. The minimum atomic E-state index is -3.03. The number of aromatic nitrogens is 2. The molecule has 0 spiro atoms. The third-order valence-corrected chi connectivity index (χ3v) is 7.16. The molecule has 1 fully saturated rings.